The van der Waals surface area contributed by atoms with Gasteiger partial charge in [0.15, 0.2) is 0 Å². The number of likely N-dealkylation sites (tertiary alicyclic amines) is 1. The molecule has 0 radical (unpaired) electrons. The zero-order chi connectivity index (χ0) is 20.4. The van der Waals surface area contributed by atoms with Crippen LogP contribution in [0.3, 0.4) is 0 Å². The van der Waals surface area contributed by atoms with E-state index in [-0.39, 0.29) is 11.8 Å². The van der Waals surface area contributed by atoms with Crippen molar-refractivity contribution in [2.24, 2.45) is 5.92 Å². The van der Waals surface area contributed by atoms with Crippen molar-refractivity contribution in [3.63, 3.8) is 0 Å². The van der Waals surface area contributed by atoms with E-state index in [2.05, 4.69) is 6.92 Å². The molecule has 0 aromatic heterocycles. The van der Waals surface area contributed by atoms with E-state index in [0.717, 1.165) is 42.1 Å². The minimum atomic E-state index is -0.160. The first-order chi connectivity index (χ1) is 14.0. The van der Waals surface area contributed by atoms with Crippen molar-refractivity contribution < 1.29 is 9.59 Å². The molecule has 1 fully saturated rings. The van der Waals surface area contributed by atoms with Crippen LogP contribution in [0.25, 0.3) is 0 Å². The van der Waals surface area contributed by atoms with Crippen LogP contribution in [0, 0.1) is 5.92 Å². The van der Waals surface area contributed by atoms with Gasteiger partial charge in [0.1, 0.15) is 0 Å². The fraction of sp³-hybridized carbons (Fsp3) is 0.304. The second-order valence-electron chi connectivity index (χ2n) is 7.59. The van der Waals surface area contributed by atoms with Crippen molar-refractivity contribution in [3.8, 4) is 0 Å². The molecule has 4 nitrogen and oxygen atoms in total. The second kappa shape index (κ2) is 8.64. The van der Waals surface area contributed by atoms with E-state index in [0.29, 0.717) is 22.4 Å². The number of anilines is 1. The average Bonchev–Trinajstić information content (AvgIpc) is 2.72. The van der Waals surface area contributed by atoms with Gasteiger partial charge in [-0.15, -0.1) is 0 Å². The number of thioether (sulfide) groups is 1. The summed E-state index contributed by atoms with van der Waals surface area (Å²) in [5.41, 5.74) is 1.72. The molecule has 2 aliphatic rings. The van der Waals surface area contributed by atoms with E-state index < -0.39 is 0 Å². The van der Waals surface area contributed by atoms with Crippen molar-refractivity contribution in [1.29, 1.82) is 0 Å². The molecular formula is C23H23ClN2O2S. The number of para-hydroxylation sites is 1. The predicted molar refractivity (Wildman–Crippen MR) is 118 cm³/mol. The van der Waals surface area contributed by atoms with Crippen molar-refractivity contribution in [2.45, 2.75) is 31.2 Å². The van der Waals surface area contributed by atoms with E-state index >= 15 is 0 Å². The van der Waals surface area contributed by atoms with E-state index in [1.54, 1.807) is 4.90 Å². The molecular weight excluding hydrogens is 404 g/mol. The molecule has 0 saturated carbocycles. The Morgan fingerprint density at radius 2 is 1.97 bits per heavy atom. The maximum absolute atomic E-state index is 13.3. The first-order valence-electron chi connectivity index (χ1n) is 9.85. The highest BCUT2D eigenvalue weighted by molar-refractivity contribution is 8.04. The summed E-state index contributed by atoms with van der Waals surface area (Å²) < 4.78 is 0. The van der Waals surface area contributed by atoms with Gasteiger partial charge in [-0.3, -0.25) is 9.59 Å². The van der Waals surface area contributed by atoms with Gasteiger partial charge in [-0.25, -0.2) is 0 Å². The first-order valence-corrected chi connectivity index (χ1v) is 11.0. The minimum absolute atomic E-state index is 0.0792. The maximum Gasteiger partial charge on any atom is 0.265 e. The summed E-state index contributed by atoms with van der Waals surface area (Å²) in [7, 11) is 0. The molecule has 6 heteroatoms. The maximum atomic E-state index is 13.3. The zero-order valence-electron chi connectivity index (χ0n) is 16.3. The van der Waals surface area contributed by atoms with Crippen molar-refractivity contribution in [2.75, 3.05) is 18.0 Å². The van der Waals surface area contributed by atoms with E-state index in [1.165, 1.54) is 17.8 Å². The van der Waals surface area contributed by atoms with Crippen LogP contribution in [-0.4, -0.2) is 29.8 Å². The SMILES string of the molecule is C[C@@H]1CCCN(C(=O)/C=C2/Sc3ccccc3N(Cc3ccccc3Cl)C2=O)C1. The number of carbonyl (C=O) groups excluding carboxylic acids is 2. The Balaban J connectivity index is 1.64. The molecule has 2 heterocycles. The normalized spacial score (nSPS) is 20.7. The highest BCUT2D eigenvalue weighted by atomic mass is 35.5. The molecule has 150 valence electrons. The number of hydrogen-bond donors (Lipinski definition) is 0. The molecule has 1 saturated heterocycles. The Morgan fingerprint density at radius 3 is 2.76 bits per heavy atom. The molecule has 0 bridgehead atoms. The summed E-state index contributed by atoms with van der Waals surface area (Å²) >= 11 is 7.70. The highest BCUT2D eigenvalue weighted by Crippen LogP contribution is 2.42. The summed E-state index contributed by atoms with van der Waals surface area (Å²) in [4.78, 5) is 31.1. The number of benzene rings is 2. The smallest absolute Gasteiger partial charge is 0.265 e. The number of rotatable bonds is 3. The Morgan fingerprint density at radius 1 is 1.21 bits per heavy atom. The number of fused-ring (bicyclic) bond motifs is 1. The highest BCUT2D eigenvalue weighted by Gasteiger charge is 2.31. The zero-order valence-corrected chi connectivity index (χ0v) is 17.9. The van der Waals surface area contributed by atoms with Crippen LogP contribution < -0.4 is 4.90 Å². The molecule has 2 aliphatic heterocycles. The van der Waals surface area contributed by atoms with Crippen LogP contribution in [0.15, 0.2) is 64.4 Å². The van der Waals surface area contributed by atoms with Gasteiger partial charge >= 0.3 is 0 Å². The molecule has 2 aromatic carbocycles. The number of carbonyl (C=O) groups is 2. The predicted octanol–water partition coefficient (Wildman–Crippen LogP) is 5.12. The summed E-state index contributed by atoms with van der Waals surface area (Å²) in [6.45, 7) is 4.03. The molecule has 2 amide bonds. The molecule has 4 rings (SSSR count). The Bertz CT molecular complexity index is 975. The van der Waals surface area contributed by atoms with Crippen LogP contribution in [0.2, 0.25) is 5.02 Å². The van der Waals surface area contributed by atoms with Crippen LogP contribution in [0.5, 0.6) is 0 Å². The standard InChI is InChI=1S/C23H23ClN2O2S/c1-16-7-6-12-25(14-16)22(27)13-21-23(28)26(15-17-8-2-3-9-18(17)24)19-10-4-5-11-20(19)29-21/h2-5,8-11,13,16H,6-7,12,14-15H2,1H3/b21-13+/t16-/m1/s1. The topological polar surface area (TPSA) is 40.6 Å². The monoisotopic (exact) mass is 426 g/mol. The molecule has 1 atom stereocenters. The minimum Gasteiger partial charge on any atom is -0.339 e. The quantitative estimate of drug-likeness (QED) is 0.639. The van der Waals surface area contributed by atoms with E-state index in [1.807, 2.05) is 53.4 Å². The lowest BCUT2D eigenvalue weighted by molar-refractivity contribution is -0.128. The number of nitrogens with zero attached hydrogens (tertiary/aromatic N) is 2. The van der Waals surface area contributed by atoms with Gasteiger partial charge in [-0.1, -0.05) is 60.6 Å². The van der Waals surface area contributed by atoms with Gasteiger partial charge in [0.05, 0.1) is 17.1 Å². The fourth-order valence-electron chi connectivity index (χ4n) is 3.81. The largest absolute Gasteiger partial charge is 0.339 e. The van der Waals surface area contributed by atoms with Gasteiger partial charge in [-0.05, 0) is 42.5 Å². The van der Waals surface area contributed by atoms with Gasteiger partial charge < -0.3 is 9.80 Å². The van der Waals surface area contributed by atoms with Crippen molar-refractivity contribution >= 4 is 40.9 Å². The average molecular weight is 427 g/mol. The molecule has 0 spiro atoms. The molecule has 0 N–H and O–H groups in total. The number of halogens is 1. The lowest BCUT2D eigenvalue weighted by Gasteiger charge is -2.32. The third-order valence-electron chi connectivity index (χ3n) is 5.34. The first kappa shape index (κ1) is 20.0. The second-order valence-corrected chi connectivity index (χ2v) is 9.08. The molecule has 0 unspecified atom stereocenters. The van der Waals surface area contributed by atoms with Crippen LogP contribution in [0.4, 0.5) is 5.69 Å². The lowest BCUT2D eigenvalue weighted by Crippen LogP contribution is -2.39. The lowest BCUT2D eigenvalue weighted by atomic mass is 10.0. The Labute approximate surface area is 180 Å². The third-order valence-corrected chi connectivity index (χ3v) is 6.79. The number of piperidine rings is 1. The van der Waals surface area contributed by atoms with E-state index in [9.17, 15) is 9.59 Å². The van der Waals surface area contributed by atoms with Gasteiger partial charge in [0, 0.05) is 29.1 Å². The molecule has 2 aromatic rings. The van der Waals surface area contributed by atoms with Gasteiger partial charge in [0.2, 0.25) is 5.91 Å². The number of hydrogen-bond acceptors (Lipinski definition) is 3. The summed E-state index contributed by atoms with van der Waals surface area (Å²) in [5.74, 6) is 0.259. The summed E-state index contributed by atoms with van der Waals surface area (Å²) in [5, 5.41) is 0.625. The number of amides is 2. The summed E-state index contributed by atoms with van der Waals surface area (Å²) in [6, 6.07) is 15.3. The summed E-state index contributed by atoms with van der Waals surface area (Å²) in [6.07, 6.45) is 3.67. The molecule has 29 heavy (non-hydrogen) atoms. The van der Waals surface area contributed by atoms with Crippen LogP contribution >= 0.6 is 23.4 Å². The van der Waals surface area contributed by atoms with Crippen molar-refractivity contribution in [1.82, 2.24) is 4.90 Å². The van der Waals surface area contributed by atoms with E-state index in [4.69, 9.17) is 11.6 Å². The Hall–Kier alpha value is -2.24. The van der Waals surface area contributed by atoms with Gasteiger partial charge in [0.25, 0.3) is 5.91 Å². The third kappa shape index (κ3) is 4.36. The van der Waals surface area contributed by atoms with Crippen molar-refractivity contribution in [3.05, 3.63) is 70.1 Å². The van der Waals surface area contributed by atoms with Crippen LogP contribution in [0.1, 0.15) is 25.3 Å². The fourth-order valence-corrected chi connectivity index (χ4v) is 5.03. The Kier molecular flexibility index (Phi) is 5.97. The van der Waals surface area contributed by atoms with Gasteiger partial charge in [-0.2, -0.15) is 0 Å². The molecule has 0 aliphatic carbocycles. The van der Waals surface area contributed by atoms with Crippen LogP contribution in [-0.2, 0) is 16.1 Å².